The number of rotatable bonds is 5. The maximum Gasteiger partial charge on any atom is 0.332 e. The summed E-state index contributed by atoms with van der Waals surface area (Å²) in [6.07, 6.45) is 0. The first-order valence-electron chi connectivity index (χ1n) is 9.35. The number of halogens is 3. The van der Waals surface area contributed by atoms with Crippen LogP contribution >= 0.6 is 34.8 Å². The van der Waals surface area contributed by atoms with Crippen molar-refractivity contribution in [3.05, 3.63) is 89.5 Å². The van der Waals surface area contributed by atoms with Gasteiger partial charge in [-0.3, -0.25) is 18.5 Å². The highest BCUT2D eigenvalue weighted by Crippen LogP contribution is 2.25. The fourth-order valence-corrected chi connectivity index (χ4v) is 3.90. The minimum atomic E-state index is -0.450. The molecule has 0 spiro atoms. The molecule has 2 aromatic carbocycles. The van der Waals surface area contributed by atoms with Crippen LogP contribution in [-0.4, -0.2) is 18.7 Å². The number of imidazole rings is 1. The number of anilines is 1. The molecule has 0 radical (unpaired) electrons. The summed E-state index contributed by atoms with van der Waals surface area (Å²) in [5.74, 6) is 0.430. The van der Waals surface area contributed by atoms with Crippen molar-refractivity contribution in [3.8, 4) is 0 Å². The molecule has 0 aliphatic heterocycles. The molecule has 0 unspecified atom stereocenters. The first-order chi connectivity index (χ1) is 14.8. The molecule has 0 bridgehead atoms. The average Bonchev–Trinajstić information content (AvgIpc) is 3.11. The summed E-state index contributed by atoms with van der Waals surface area (Å²) in [6, 6.07) is 12.7. The standard InChI is InChI=1S/C21H18Cl3N5O2/c1-27-18-17(19(30)28(2)21(27)31)29(11-12-7-8-15(23)16(24)9-12)20(26-18)25-10-13-5-3-4-6-14(13)22/h3-9H,10-11H2,1-2H3,(H,25,26). The van der Waals surface area contributed by atoms with Crippen molar-refractivity contribution in [1.82, 2.24) is 18.7 Å². The molecule has 0 saturated carbocycles. The van der Waals surface area contributed by atoms with Crippen LogP contribution in [0.15, 0.2) is 52.1 Å². The molecule has 0 amide bonds. The van der Waals surface area contributed by atoms with Gasteiger partial charge in [-0.15, -0.1) is 0 Å². The Bertz CT molecular complexity index is 1420. The third-order valence-corrected chi connectivity index (χ3v) is 6.18. The van der Waals surface area contributed by atoms with Gasteiger partial charge in [0.15, 0.2) is 11.2 Å². The summed E-state index contributed by atoms with van der Waals surface area (Å²) >= 11 is 18.5. The van der Waals surface area contributed by atoms with Crippen molar-refractivity contribution in [2.75, 3.05) is 5.32 Å². The number of hydrogen-bond acceptors (Lipinski definition) is 4. The minimum absolute atomic E-state index is 0.287. The molecule has 2 heterocycles. The van der Waals surface area contributed by atoms with Gasteiger partial charge in [0.1, 0.15) is 0 Å². The summed E-state index contributed by atoms with van der Waals surface area (Å²) < 4.78 is 4.14. The molecular formula is C21H18Cl3N5O2. The van der Waals surface area contributed by atoms with Crippen LogP contribution in [0.25, 0.3) is 11.2 Å². The number of nitrogens with one attached hydrogen (secondary N) is 1. The van der Waals surface area contributed by atoms with Gasteiger partial charge < -0.3 is 5.32 Å². The molecule has 0 aliphatic carbocycles. The van der Waals surface area contributed by atoms with E-state index in [0.717, 1.165) is 15.7 Å². The highest BCUT2D eigenvalue weighted by Gasteiger charge is 2.19. The first-order valence-corrected chi connectivity index (χ1v) is 10.5. The molecule has 1 N–H and O–H groups in total. The van der Waals surface area contributed by atoms with E-state index in [2.05, 4.69) is 10.3 Å². The Morgan fingerprint density at radius 2 is 1.68 bits per heavy atom. The van der Waals surface area contributed by atoms with Crippen LogP contribution in [0.4, 0.5) is 5.95 Å². The quantitative estimate of drug-likeness (QED) is 0.469. The largest absolute Gasteiger partial charge is 0.351 e. The SMILES string of the molecule is Cn1c(=O)c2c(nc(NCc3ccccc3Cl)n2Cc2ccc(Cl)c(Cl)c2)n(C)c1=O. The Hall–Kier alpha value is -2.74. The van der Waals surface area contributed by atoms with Gasteiger partial charge in [-0.25, -0.2) is 4.79 Å². The number of nitrogens with zero attached hydrogens (tertiary/aromatic N) is 4. The van der Waals surface area contributed by atoms with E-state index in [0.29, 0.717) is 39.6 Å². The van der Waals surface area contributed by atoms with E-state index < -0.39 is 11.2 Å². The van der Waals surface area contributed by atoms with E-state index in [9.17, 15) is 9.59 Å². The van der Waals surface area contributed by atoms with Crippen molar-refractivity contribution in [3.63, 3.8) is 0 Å². The second kappa shape index (κ2) is 8.42. The fourth-order valence-electron chi connectivity index (χ4n) is 3.37. The van der Waals surface area contributed by atoms with Crippen LogP contribution in [0.1, 0.15) is 11.1 Å². The van der Waals surface area contributed by atoms with Gasteiger partial charge >= 0.3 is 5.69 Å². The molecule has 0 fully saturated rings. The maximum absolute atomic E-state index is 13.0. The molecule has 0 saturated heterocycles. The molecule has 4 rings (SSSR count). The third-order valence-electron chi connectivity index (χ3n) is 5.07. The number of hydrogen-bond donors (Lipinski definition) is 1. The van der Waals surface area contributed by atoms with E-state index in [-0.39, 0.29) is 5.65 Å². The molecule has 2 aromatic heterocycles. The van der Waals surface area contributed by atoms with E-state index >= 15 is 0 Å². The van der Waals surface area contributed by atoms with E-state index in [1.54, 1.807) is 29.8 Å². The Morgan fingerprint density at radius 3 is 2.39 bits per heavy atom. The lowest BCUT2D eigenvalue weighted by molar-refractivity contribution is 0.702. The van der Waals surface area contributed by atoms with Gasteiger partial charge in [-0.05, 0) is 29.3 Å². The molecule has 10 heteroatoms. The Labute approximate surface area is 192 Å². The van der Waals surface area contributed by atoms with E-state index in [4.69, 9.17) is 34.8 Å². The van der Waals surface area contributed by atoms with E-state index in [1.807, 2.05) is 24.3 Å². The smallest absolute Gasteiger partial charge is 0.332 e. The van der Waals surface area contributed by atoms with Crippen molar-refractivity contribution in [1.29, 1.82) is 0 Å². The second-order valence-electron chi connectivity index (χ2n) is 7.09. The molecule has 0 atom stereocenters. The molecule has 160 valence electrons. The Morgan fingerprint density at radius 1 is 0.935 bits per heavy atom. The van der Waals surface area contributed by atoms with Gasteiger partial charge in [0.2, 0.25) is 5.95 Å². The van der Waals surface area contributed by atoms with Gasteiger partial charge in [0.05, 0.1) is 16.6 Å². The average molecular weight is 479 g/mol. The normalized spacial score (nSPS) is 11.3. The van der Waals surface area contributed by atoms with Gasteiger partial charge in [-0.1, -0.05) is 59.1 Å². The lowest BCUT2D eigenvalue weighted by Crippen LogP contribution is -2.37. The molecule has 7 nitrogen and oxygen atoms in total. The van der Waals surface area contributed by atoms with Crippen LogP contribution in [0.5, 0.6) is 0 Å². The van der Waals surface area contributed by atoms with Gasteiger partial charge in [-0.2, -0.15) is 4.98 Å². The molecule has 0 aliphatic rings. The van der Waals surface area contributed by atoms with Gasteiger partial charge in [0, 0.05) is 25.7 Å². The predicted octanol–water partition coefficient (Wildman–Crippen LogP) is 4.05. The van der Waals surface area contributed by atoms with Crippen LogP contribution in [-0.2, 0) is 27.2 Å². The van der Waals surface area contributed by atoms with Gasteiger partial charge in [0.25, 0.3) is 5.56 Å². The lowest BCUT2D eigenvalue weighted by Gasteiger charge is -2.12. The van der Waals surface area contributed by atoms with Crippen LogP contribution in [0, 0.1) is 0 Å². The number of aryl methyl sites for hydroxylation is 1. The predicted molar refractivity (Wildman–Crippen MR) is 125 cm³/mol. The van der Waals surface area contributed by atoms with Crippen LogP contribution in [0.3, 0.4) is 0 Å². The second-order valence-corrected chi connectivity index (χ2v) is 8.31. The van der Waals surface area contributed by atoms with Crippen LogP contribution < -0.4 is 16.6 Å². The third kappa shape index (κ3) is 3.96. The lowest BCUT2D eigenvalue weighted by atomic mass is 10.2. The number of fused-ring (bicyclic) bond motifs is 1. The van der Waals surface area contributed by atoms with E-state index in [1.165, 1.54) is 11.6 Å². The summed E-state index contributed by atoms with van der Waals surface area (Å²) in [5.41, 5.74) is 1.41. The van der Waals surface area contributed by atoms with Crippen molar-refractivity contribution in [2.45, 2.75) is 13.1 Å². The zero-order chi connectivity index (χ0) is 22.3. The van der Waals surface area contributed by atoms with Crippen LogP contribution in [0.2, 0.25) is 15.1 Å². The van der Waals surface area contributed by atoms with Crippen molar-refractivity contribution in [2.24, 2.45) is 14.1 Å². The maximum atomic E-state index is 13.0. The highest BCUT2D eigenvalue weighted by atomic mass is 35.5. The molecular weight excluding hydrogens is 461 g/mol. The zero-order valence-electron chi connectivity index (χ0n) is 16.7. The van der Waals surface area contributed by atoms with Crippen molar-refractivity contribution >= 4 is 51.9 Å². The number of benzene rings is 2. The topological polar surface area (TPSA) is 73.8 Å². The first kappa shape index (κ1) is 21.5. The summed E-state index contributed by atoms with van der Waals surface area (Å²) in [7, 11) is 3.02. The monoisotopic (exact) mass is 477 g/mol. The summed E-state index contributed by atoms with van der Waals surface area (Å²) in [6.45, 7) is 0.685. The fraction of sp³-hybridized carbons (Fsp3) is 0.190. The molecule has 31 heavy (non-hydrogen) atoms. The minimum Gasteiger partial charge on any atom is -0.351 e. The zero-order valence-corrected chi connectivity index (χ0v) is 19.0. The highest BCUT2D eigenvalue weighted by molar-refractivity contribution is 6.42. The summed E-state index contributed by atoms with van der Waals surface area (Å²) in [4.78, 5) is 29.9. The van der Waals surface area contributed by atoms with Crippen molar-refractivity contribution < 1.29 is 0 Å². The Kier molecular flexibility index (Phi) is 5.83. The summed E-state index contributed by atoms with van der Waals surface area (Å²) in [5, 5.41) is 4.71. The number of aromatic nitrogens is 4. The molecule has 4 aromatic rings. The Balaban J connectivity index is 1.86.